The van der Waals surface area contributed by atoms with Crippen molar-refractivity contribution in [3.05, 3.63) is 97.2 Å². The summed E-state index contributed by atoms with van der Waals surface area (Å²) in [5.41, 5.74) is 0. The Bertz CT molecular complexity index is 1240. The van der Waals surface area contributed by atoms with Crippen molar-refractivity contribution in [1.29, 1.82) is 0 Å². The van der Waals surface area contributed by atoms with E-state index in [1.54, 1.807) is 6.08 Å². The van der Waals surface area contributed by atoms with Gasteiger partial charge in [0.1, 0.15) is 13.2 Å². The molecule has 0 bridgehead atoms. The summed E-state index contributed by atoms with van der Waals surface area (Å²) in [5, 5.41) is 13.7. The summed E-state index contributed by atoms with van der Waals surface area (Å²) >= 11 is 0. The molecule has 2 N–H and O–H groups in total. The van der Waals surface area contributed by atoms with E-state index in [1.807, 2.05) is 27.2 Å². The van der Waals surface area contributed by atoms with Gasteiger partial charge in [-0.2, -0.15) is 0 Å². The van der Waals surface area contributed by atoms with Crippen molar-refractivity contribution in [2.45, 2.75) is 161 Å². The predicted molar refractivity (Wildman–Crippen MR) is 242 cm³/mol. The van der Waals surface area contributed by atoms with E-state index in [0.29, 0.717) is 17.4 Å². The van der Waals surface area contributed by atoms with Crippen molar-refractivity contribution in [1.82, 2.24) is 5.32 Å². The molecule has 0 aliphatic carbocycles. The number of allylic oxidation sites excluding steroid dienone is 15. The third kappa shape index (κ3) is 41.4. The van der Waals surface area contributed by atoms with Gasteiger partial charge in [-0.3, -0.25) is 9.36 Å². The summed E-state index contributed by atoms with van der Waals surface area (Å²) in [6.07, 6.45) is 54.5. The Morgan fingerprint density at radius 1 is 0.632 bits per heavy atom. The number of nitrogens with one attached hydrogen (secondary N) is 1. The highest BCUT2D eigenvalue weighted by molar-refractivity contribution is 7.45. The van der Waals surface area contributed by atoms with Gasteiger partial charge in [-0.1, -0.05) is 150 Å². The zero-order valence-electron chi connectivity index (χ0n) is 36.7. The minimum Gasteiger partial charge on any atom is -0.756 e. The maximum Gasteiger partial charge on any atom is 0.268 e. The average molecular weight is 815 g/mol. The zero-order valence-corrected chi connectivity index (χ0v) is 37.6. The number of unbranched alkanes of at least 4 members (excludes halogenated alkanes) is 11. The standard InChI is InChI=1S/C48H83N2O6P/c1-6-8-10-12-14-16-18-20-22-23-24-25-26-27-28-30-32-34-36-38-40-42-48(52)49-46(45-56-57(53,54)55-44-43-50(3,4)5)47(51)41-39-37-35-33-31-29-21-19-17-15-13-11-9-7-2/h8,10,14,16-17,19-20,22,24-25,27-28,31,33,39,41,46-47,51H,6-7,9,11-13,15,18,21,23,26,29-30,32,34-38,40,42-45H2,1-5H3,(H-,49,52,53,54)/b10-8-,16-14-,19-17+,22-20-,25-24-,28-27-,33-31+,41-39+. The molecule has 0 aliphatic rings. The fourth-order valence-corrected chi connectivity index (χ4v) is 6.22. The number of aliphatic hydroxyl groups is 1. The van der Waals surface area contributed by atoms with Gasteiger partial charge in [0.15, 0.2) is 0 Å². The van der Waals surface area contributed by atoms with Gasteiger partial charge in [-0.25, -0.2) is 0 Å². The molecule has 9 heteroatoms. The van der Waals surface area contributed by atoms with E-state index in [2.05, 4.69) is 104 Å². The second kappa shape index (κ2) is 38.9. The van der Waals surface area contributed by atoms with Gasteiger partial charge < -0.3 is 28.8 Å². The van der Waals surface area contributed by atoms with Crippen LogP contribution in [-0.2, 0) is 18.4 Å². The minimum absolute atomic E-state index is 0.0189. The van der Waals surface area contributed by atoms with E-state index in [-0.39, 0.29) is 12.5 Å². The lowest BCUT2D eigenvalue weighted by molar-refractivity contribution is -0.870. The van der Waals surface area contributed by atoms with Gasteiger partial charge in [-0.15, -0.1) is 0 Å². The molecule has 0 fully saturated rings. The van der Waals surface area contributed by atoms with Gasteiger partial charge in [-0.05, 0) is 89.9 Å². The van der Waals surface area contributed by atoms with Crippen LogP contribution in [0.25, 0.3) is 0 Å². The monoisotopic (exact) mass is 815 g/mol. The topological polar surface area (TPSA) is 108 Å². The Kier molecular flexibility index (Phi) is 37.2. The number of carbonyl (C=O) groups is 1. The fraction of sp³-hybridized carbons (Fsp3) is 0.646. The molecule has 0 aromatic heterocycles. The van der Waals surface area contributed by atoms with Crippen LogP contribution in [0.5, 0.6) is 0 Å². The summed E-state index contributed by atoms with van der Waals surface area (Å²) < 4.78 is 23.1. The summed E-state index contributed by atoms with van der Waals surface area (Å²) in [4.78, 5) is 25.3. The van der Waals surface area contributed by atoms with Crippen molar-refractivity contribution >= 4 is 13.7 Å². The van der Waals surface area contributed by atoms with Crippen molar-refractivity contribution in [3.63, 3.8) is 0 Å². The molecular formula is C48H83N2O6P. The van der Waals surface area contributed by atoms with Crippen LogP contribution in [0.3, 0.4) is 0 Å². The highest BCUT2D eigenvalue weighted by atomic mass is 31.2. The van der Waals surface area contributed by atoms with Crippen LogP contribution in [0, 0.1) is 0 Å². The molecule has 0 saturated carbocycles. The molecule has 0 aromatic carbocycles. The number of rotatable bonds is 38. The van der Waals surface area contributed by atoms with Crippen LogP contribution < -0.4 is 10.2 Å². The highest BCUT2D eigenvalue weighted by Gasteiger charge is 2.23. The molecule has 0 saturated heterocycles. The largest absolute Gasteiger partial charge is 0.756 e. The number of aliphatic hydroxyl groups excluding tert-OH is 1. The zero-order chi connectivity index (χ0) is 42.1. The van der Waals surface area contributed by atoms with Gasteiger partial charge >= 0.3 is 0 Å². The lowest BCUT2D eigenvalue weighted by atomic mass is 10.1. The number of carbonyl (C=O) groups excluding carboxylic acids is 1. The predicted octanol–water partition coefficient (Wildman–Crippen LogP) is 11.7. The SMILES string of the molecule is CC/C=C\C/C=C\C/C=C\C/C=C\C/C=C\CCCCCCCC(=O)NC(COP(=O)([O-])OCC[N+](C)(C)C)C(O)/C=C/CC/C=C/CC/C=C/CCCCCC. The van der Waals surface area contributed by atoms with Crippen LogP contribution >= 0.6 is 7.82 Å². The highest BCUT2D eigenvalue weighted by Crippen LogP contribution is 2.38. The van der Waals surface area contributed by atoms with Crippen LogP contribution in [0.1, 0.15) is 149 Å². The number of hydrogen-bond acceptors (Lipinski definition) is 6. The number of phosphoric acid groups is 1. The molecule has 0 radical (unpaired) electrons. The lowest BCUT2D eigenvalue weighted by Crippen LogP contribution is -2.45. The molecule has 0 rings (SSSR count). The van der Waals surface area contributed by atoms with Crippen molar-refractivity contribution in [2.75, 3.05) is 40.9 Å². The Morgan fingerprint density at radius 3 is 1.63 bits per heavy atom. The molecule has 0 heterocycles. The minimum atomic E-state index is -4.61. The first-order chi connectivity index (χ1) is 27.5. The number of hydrogen-bond donors (Lipinski definition) is 2. The molecule has 1 amide bonds. The van der Waals surface area contributed by atoms with Crippen LogP contribution in [0.15, 0.2) is 97.2 Å². The summed E-state index contributed by atoms with van der Waals surface area (Å²) in [5.74, 6) is -0.237. The van der Waals surface area contributed by atoms with Gasteiger partial charge in [0.25, 0.3) is 7.82 Å². The van der Waals surface area contributed by atoms with E-state index in [4.69, 9.17) is 9.05 Å². The number of phosphoric ester groups is 1. The second-order valence-electron chi connectivity index (χ2n) is 15.6. The summed E-state index contributed by atoms with van der Waals surface area (Å²) in [7, 11) is 1.20. The van der Waals surface area contributed by atoms with Crippen LogP contribution in [-0.4, -0.2) is 68.5 Å². The van der Waals surface area contributed by atoms with Gasteiger partial charge in [0.05, 0.1) is 39.9 Å². The van der Waals surface area contributed by atoms with Crippen LogP contribution in [0.2, 0.25) is 0 Å². The van der Waals surface area contributed by atoms with Crippen LogP contribution in [0.4, 0.5) is 0 Å². The molecule has 3 atom stereocenters. The van der Waals surface area contributed by atoms with Gasteiger partial charge in [0.2, 0.25) is 5.91 Å². The Balaban J connectivity index is 4.53. The molecule has 8 nitrogen and oxygen atoms in total. The first-order valence-corrected chi connectivity index (χ1v) is 23.6. The van der Waals surface area contributed by atoms with E-state index in [1.165, 1.54) is 25.7 Å². The smallest absolute Gasteiger partial charge is 0.268 e. The summed E-state index contributed by atoms with van der Waals surface area (Å²) in [6, 6.07) is -0.925. The second-order valence-corrected chi connectivity index (χ2v) is 17.1. The number of quaternary nitrogens is 1. The summed E-state index contributed by atoms with van der Waals surface area (Å²) in [6.45, 7) is 4.43. The fourth-order valence-electron chi connectivity index (χ4n) is 5.50. The molecule has 3 unspecified atom stereocenters. The molecular weight excluding hydrogens is 732 g/mol. The number of likely N-dealkylation sites (N-methyl/N-ethyl adjacent to an activating group) is 1. The average Bonchev–Trinajstić information content (AvgIpc) is 3.16. The van der Waals surface area contributed by atoms with Gasteiger partial charge in [0, 0.05) is 6.42 Å². The van der Waals surface area contributed by atoms with Crippen molar-refractivity contribution in [3.8, 4) is 0 Å². The van der Waals surface area contributed by atoms with E-state index in [0.717, 1.165) is 103 Å². The molecule has 0 aromatic rings. The molecule has 326 valence electrons. The quantitative estimate of drug-likeness (QED) is 0.0278. The third-order valence-electron chi connectivity index (χ3n) is 9.01. The first-order valence-electron chi connectivity index (χ1n) is 22.1. The number of nitrogens with zero attached hydrogens (tertiary/aromatic N) is 1. The number of amides is 1. The Hall–Kier alpha value is -2.58. The lowest BCUT2D eigenvalue weighted by Gasteiger charge is -2.29. The van der Waals surface area contributed by atoms with Crippen molar-refractivity contribution in [2.24, 2.45) is 0 Å². The molecule has 0 spiro atoms. The van der Waals surface area contributed by atoms with E-state index in [9.17, 15) is 19.4 Å². The maximum atomic E-state index is 12.8. The normalized spacial score (nSPS) is 15.3. The van der Waals surface area contributed by atoms with E-state index >= 15 is 0 Å². The molecule has 0 aliphatic heterocycles. The molecule has 57 heavy (non-hydrogen) atoms. The Labute approximate surface area is 349 Å². The van der Waals surface area contributed by atoms with E-state index < -0.39 is 26.6 Å². The van der Waals surface area contributed by atoms with Crippen molar-refractivity contribution < 1.29 is 32.9 Å². The maximum absolute atomic E-state index is 12.8. The third-order valence-corrected chi connectivity index (χ3v) is 9.97. The Morgan fingerprint density at radius 2 is 1.09 bits per heavy atom. The first kappa shape index (κ1) is 54.4.